The molecule has 0 radical (unpaired) electrons. The van der Waals surface area contributed by atoms with Crippen LogP contribution in [0, 0.1) is 0 Å². The van der Waals surface area contributed by atoms with E-state index in [-0.39, 0.29) is 11.8 Å². The minimum Gasteiger partial charge on any atom is -0.493 e. The van der Waals surface area contributed by atoms with Gasteiger partial charge in [0.25, 0.3) is 5.91 Å². The van der Waals surface area contributed by atoms with Crippen LogP contribution in [0.3, 0.4) is 0 Å². The zero-order valence-corrected chi connectivity index (χ0v) is 19.9. The van der Waals surface area contributed by atoms with Gasteiger partial charge in [0.15, 0.2) is 17.3 Å². The second-order valence-corrected chi connectivity index (χ2v) is 9.56. The Morgan fingerprint density at radius 1 is 1.12 bits per heavy atom. The second-order valence-electron chi connectivity index (χ2n) is 8.58. The van der Waals surface area contributed by atoms with Crippen molar-refractivity contribution < 1.29 is 28.5 Å². The molecular weight excluding hydrogens is 444 g/mol. The van der Waals surface area contributed by atoms with Crippen LogP contribution >= 0.6 is 11.3 Å². The van der Waals surface area contributed by atoms with E-state index in [1.807, 2.05) is 22.4 Å². The molecule has 5 rings (SSSR count). The van der Waals surface area contributed by atoms with Gasteiger partial charge in [-0.2, -0.15) is 0 Å². The summed E-state index contributed by atoms with van der Waals surface area (Å²) in [6.45, 7) is 2.29. The van der Waals surface area contributed by atoms with Gasteiger partial charge in [0, 0.05) is 43.4 Å². The minimum atomic E-state index is -0.558. The first-order valence-electron chi connectivity index (χ1n) is 11.1. The van der Waals surface area contributed by atoms with Gasteiger partial charge >= 0.3 is 0 Å². The van der Waals surface area contributed by atoms with Crippen molar-refractivity contribution in [3.05, 3.63) is 45.6 Å². The maximum Gasteiger partial charge on any atom is 0.254 e. The first-order chi connectivity index (χ1) is 16.0. The normalized spacial score (nSPS) is 24.2. The van der Waals surface area contributed by atoms with Crippen LogP contribution in [0.15, 0.2) is 29.6 Å². The predicted octanol–water partition coefficient (Wildman–Crippen LogP) is 3.04. The Labute approximate surface area is 197 Å². The van der Waals surface area contributed by atoms with Crippen LogP contribution in [0.4, 0.5) is 0 Å². The Morgan fingerprint density at radius 2 is 1.79 bits per heavy atom. The number of thiophene rings is 1. The summed E-state index contributed by atoms with van der Waals surface area (Å²) in [5.74, 6) is -0.290. The number of carbonyl (C=O) groups is 2. The molecule has 176 valence electrons. The Morgan fingerprint density at radius 3 is 2.39 bits per heavy atom. The third-order valence-electron chi connectivity index (χ3n) is 6.93. The lowest BCUT2D eigenvalue weighted by Gasteiger charge is -2.43. The summed E-state index contributed by atoms with van der Waals surface area (Å²) in [5.41, 5.74) is 1.14. The highest BCUT2D eigenvalue weighted by molar-refractivity contribution is 7.10. The van der Waals surface area contributed by atoms with E-state index >= 15 is 0 Å². The molecule has 0 saturated carbocycles. The van der Waals surface area contributed by atoms with Gasteiger partial charge in [0.1, 0.15) is 0 Å². The average molecular weight is 473 g/mol. The largest absolute Gasteiger partial charge is 0.493 e. The molecule has 1 aromatic heterocycles. The van der Waals surface area contributed by atoms with E-state index in [0.717, 1.165) is 4.88 Å². The first-order valence-corrected chi connectivity index (χ1v) is 12.0. The number of amides is 2. The highest BCUT2D eigenvalue weighted by atomic mass is 32.1. The summed E-state index contributed by atoms with van der Waals surface area (Å²) in [6, 6.07) is 7.01. The fourth-order valence-electron chi connectivity index (χ4n) is 5.18. The smallest absolute Gasteiger partial charge is 0.254 e. The summed E-state index contributed by atoms with van der Waals surface area (Å²) >= 11 is 1.55. The van der Waals surface area contributed by atoms with E-state index in [4.69, 9.17) is 18.9 Å². The molecular formula is C24H28N2O6S. The fraction of sp³-hybridized carbons (Fsp3) is 0.500. The Hall–Kier alpha value is -2.62. The van der Waals surface area contributed by atoms with Crippen molar-refractivity contribution in [2.45, 2.75) is 30.6 Å². The summed E-state index contributed by atoms with van der Waals surface area (Å²) in [7, 11) is 4.85. The zero-order valence-electron chi connectivity index (χ0n) is 19.0. The van der Waals surface area contributed by atoms with Gasteiger partial charge in [-0.05, 0) is 29.1 Å². The van der Waals surface area contributed by atoms with E-state index in [2.05, 4.69) is 0 Å². The molecule has 2 fully saturated rings. The number of fused-ring (bicyclic) bond motifs is 1. The quantitative estimate of drug-likeness (QED) is 0.681. The van der Waals surface area contributed by atoms with Crippen LogP contribution in [-0.4, -0.2) is 75.0 Å². The van der Waals surface area contributed by atoms with Gasteiger partial charge in [-0.15, -0.1) is 11.3 Å². The van der Waals surface area contributed by atoms with Crippen molar-refractivity contribution in [2.75, 3.05) is 47.6 Å². The molecule has 3 aliphatic rings. The lowest BCUT2D eigenvalue weighted by molar-refractivity contribution is -0.188. The standard InChI is InChI=1S/C24H28N2O6S/c1-25-21(19-5-4-12-33-19)20(15-13-17(29-2)18(30-3)14-16(15)22(25)27)23(28)26-8-6-24(7-9-26)31-10-11-32-24/h4-5,12-14,20-21H,6-11H2,1-3H3. The second kappa shape index (κ2) is 8.62. The molecule has 3 aliphatic heterocycles. The van der Waals surface area contributed by atoms with Crippen molar-refractivity contribution in [1.29, 1.82) is 0 Å². The first kappa shape index (κ1) is 22.2. The molecule has 0 aliphatic carbocycles. The highest BCUT2D eigenvalue weighted by Crippen LogP contribution is 2.47. The van der Waals surface area contributed by atoms with E-state index in [1.54, 1.807) is 42.5 Å². The lowest BCUT2D eigenvalue weighted by atomic mass is 9.80. The van der Waals surface area contributed by atoms with Crippen LogP contribution in [0.2, 0.25) is 0 Å². The number of likely N-dealkylation sites (N-methyl/N-ethyl adjacent to an activating group) is 1. The molecule has 0 N–H and O–H groups in total. The molecule has 2 amide bonds. The van der Waals surface area contributed by atoms with Crippen LogP contribution < -0.4 is 9.47 Å². The Balaban J connectivity index is 1.56. The number of hydrogen-bond acceptors (Lipinski definition) is 7. The lowest BCUT2D eigenvalue weighted by Crippen LogP contribution is -2.51. The molecule has 2 aromatic rings. The molecule has 4 heterocycles. The van der Waals surface area contributed by atoms with E-state index in [9.17, 15) is 9.59 Å². The van der Waals surface area contributed by atoms with Gasteiger partial charge in [-0.3, -0.25) is 9.59 Å². The summed E-state index contributed by atoms with van der Waals surface area (Å²) in [4.78, 5) is 32.0. The van der Waals surface area contributed by atoms with E-state index < -0.39 is 17.7 Å². The summed E-state index contributed by atoms with van der Waals surface area (Å²) < 4.78 is 22.6. The van der Waals surface area contributed by atoms with Crippen LogP contribution in [-0.2, 0) is 14.3 Å². The molecule has 1 aromatic carbocycles. The van der Waals surface area contributed by atoms with E-state index in [0.29, 0.717) is 61.8 Å². The van der Waals surface area contributed by atoms with Crippen molar-refractivity contribution in [3.63, 3.8) is 0 Å². The molecule has 2 unspecified atom stereocenters. The number of nitrogens with zero attached hydrogens (tertiary/aromatic N) is 2. The van der Waals surface area contributed by atoms with Gasteiger partial charge in [-0.1, -0.05) is 6.07 Å². The maximum absolute atomic E-state index is 14.1. The van der Waals surface area contributed by atoms with Crippen LogP contribution in [0.5, 0.6) is 11.5 Å². The molecule has 1 spiro atoms. The Kier molecular flexibility index (Phi) is 5.80. The van der Waals surface area contributed by atoms with Gasteiger partial charge in [0.05, 0.1) is 39.4 Å². The summed E-state index contributed by atoms with van der Waals surface area (Å²) in [5, 5.41) is 1.97. The monoisotopic (exact) mass is 472 g/mol. The van der Waals surface area contributed by atoms with Gasteiger partial charge in [-0.25, -0.2) is 0 Å². The molecule has 8 nitrogen and oxygen atoms in total. The molecule has 2 saturated heterocycles. The maximum atomic E-state index is 14.1. The number of likely N-dealkylation sites (tertiary alicyclic amines) is 1. The fourth-order valence-corrected chi connectivity index (χ4v) is 6.09. The average Bonchev–Trinajstić information content (AvgIpc) is 3.53. The molecule has 9 heteroatoms. The number of carbonyl (C=O) groups excluding carboxylic acids is 2. The van der Waals surface area contributed by atoms with Crippen molar-refractivity contribution in [1.82, 2.24) is 9.80 Å². The Bertz CT molecular complexity index is 1040. The highest BCUT2D eigenvalue weighted by Gasteiger charge is 2.47. The zero-order chi connectivity index (χ0) is 23.2. The van der Waals surface area contributed by atoms with Crippen molar-refractivity contribution in [3.8, 4) is 11.5 Å². The number of methoxy groups -OCH3 is 2. The van der Waals surface area contributed by atoms with Gasteiger partial charge < -0.3 is 28.7 Å². The number of ether oxygens (including phenoxy) is 4. The van der Waals surface area contributed by atoms with E-state index in [1.165, 1.54) is 7.11 Å². The topological polar surface area (TPSA) is 77.5 Å². The number of piperidine rings is 1. The van der Waals surface area contributed by atoms with Crippen molar-refractivity contribution in [2.24, 2.45) is 0 Å². The van der Waals surface area contributed by atoms with Gasteiger partial charge in [0.2, 0.25) is 5.91 Å². The summed E-state index contributed by atoms with van der Waals surface area (Å²) in [6.07, 6.45) is 1.28. The number of benzene rings is 1. The molecule has 33 heavy (non-hydrogen) atoms. The predicted molar refractivity (Wildman–Crippen MR) is 122 cm³/mol. The number of hydrogen-bond donors (Lipinski definition) is 0. The number of rotatable bonds is 4. The molecule has 2 atom stereocenters. The molecule has 0 bridgehead atoms. The third kappa shape index (κ3) is 3.68. The van der Waals surface area contributed by atoms with Crippen molar-refractivity contribution >= 4 is 23.2 Å². The van der Waals surface area contributed by atoms with Crippen LogP contribution in [0.1, 0.15) is 45.6 Å². The van der Waals surface area contributed by atoms with Crippen LogP contribution in [0.25, 0.3) is 0 Å². The minimum absolute atomic E-state index is 0.00549. The SMILES string of the molecule is COc1cc2c(cc1OC)C(C(=O)N1CCC3(CC1)OCCO3)C(c1cccs1)N(C)C2=O. The third-order valence-corrected chi connectivity index (χ3v) is 7.87.